The summed E-state index contributed by atoms with van der Waals surface area (Å²) in [4.78, 5) is 18.0. The van der Waals surface area contributed by atoms with Crippen LogP contribution in [0.15, 0.2) is 91.0 Å². The van der Waals surface area contributed by atoms with E-state index in [4.69, 9.17) is 9.57 Å². The van der Waals surface area contributed by atoms with Gasteiger partial charge in [-0.1, -0.05) is 91.0 Å². The SMILES string of the molecule is CC(C#N)(CCOC=O)NC(CC(CC(ON1C(C)(C)CCCC1(C)C)c1ccccc1)c1ccccc1)c1ccccc1. The van der Waals surface area contributed by atoms with Crippen molar-refractivity contribution >= 4 is 6.47 Å². The van der Waals surface area contributed by atoms with Crippen LogP contribution in [0.25, 0.3) is 0 Å². The molecule has 0 radical (unpaired) electrons. The molecular weight excluding hydrogens is 546 g/mol. The van der Waals surface area contributed by atoms with Crippen LogP contribution in [0.2, 0.25) is 0 Å². The molecule has 3 aromatic carbocycles. The molecule has 0 aromatic heterocycles. The minimum atomic E-state index is -0.887. The Morgan fingerprint density at radius 3 is 1.91 bits per heavy atom. The summed E-state index contributed by atoms with van der Waals surface area (Å²) in [5.41, 5.74) is 2.43. The van der Waals surface area contributed by atoms with Gasteiger partial charge in [0, 0.05) is 23.5 Å². The molecule has 4 rings (SSSR count). The van der Waals surface area contributed by atoms with E-state index in [1.54, 1.807) is 0 Å². The Bertz CT molecular complexity index is 1320. The van der Waals surface area contributed by atoms with E-state index in [-0.39, 0.29) is 35.7 Å². The normalized spacial score (nSPS) is 19.5. The van der Waals surface area contributed by atoms with Gasteiger partial charge in [-0.2, -0.15) is 10.3 Å². The van der Waals surface area contributed by atoms with Gasteiger partial charge in [-0.15, -0.1) is 0 Å². The summed E-state index contributed by atoms with van der Waals surface area (Å²) in [6.45, 7) is 11.6. The van der Waals surface area contributed by atoms with Gasteiger partial charge in [-0.3, -0.25) is 14.9 Å². The molecule has 6 heteroatoms. The summed E-state index contributed by atoms with van der Waals surface area (Å²) in [7, 11) is 0. The van der Waals surface area contributed by atoms with Crippen LogP contribution in [0.1, 0.15) is 108 Å². The van der Waals surface area contributed by atoms with Crippen LogP contribution in [-0.4, -0.2) is 34.8 Å². The Labute approximate surface area is 264 Å². The molecule has 1 saturated heterocycles. The number of rotatable bonds is 15. The molecule has 0 aliphatic carbocycles. The quantitative estimate of drug-likeness (QED) is 0.140. The van der Waals surface area contributed by atoms with Crippen molar-refractivity contribution in [1.29, 1.82) is 5.26 Å². The fourth-order valence-corrected chi connectivity index (χ4v) is 6.75. The molecule has 234 valence electrons. The van der Waals surface area contributed by atoms with E-state index in [1.807, 2.05) is 25.1 Å². The number of hydrogen-bond donors (Lipinski definition) is 1. The number of benzene rings is 3. The Hall–Kier alpha value is -3.50. The molecule has 1 aliphatic heterocycles. The zero-order valence-electron chi connectivity index (χ0n) is 27.0. The van der Waals surface area contributed by atoms with Gasteiger partial charge in [-0.05, 0) is 89.3 Å². The summed E-state index contributed by atoms with van der Waals surface area (Å²) in [6.07, 6.45) is 5.08. The predicted molar refractivity (Wildman–Crippen MR) is 176 cm³/mol. The molecule has 4 unspecified atom stereocenters. The molecule has 0 saturated carbocycles. The highest BCUT2D eigenvalue weighted by Crippen LogP contribution is 2.44. The van der Waals surface area contributed by atoms with E-state index in [9.17, 15) is 10.1 Å². The minimum absolute atomic E-state index is 0.0939. The molecule has 44 heavy (non-hydrogen) atoms. The lowest BCUT2D eigenvalue weighted by Gasteiger charge is -2.52. The van der Waals surface area contributed by atoms with Crippen molar-refractivity contribution in [3.63, 3.8) is 0 Å². The standard InChI is InChI=1S/C38H49N3O3/c1-36(2)22-15-23-37(3,4)41(36)44-35(32-20-13-8-14-21-32)27-33(30-16-9-6-10-17-30)26-34(31-18-11-7-12-19-31)40-38(5,28-39)24-25-43-29-42/h6-14,16-21,29,33-35,40H,15,22-27H2,1-5H3. The topological polar surface area (TPSA) is 74.6 Å². The van der Waals surface area contributed by atoms with Crippen molar-refractivity contribution in [3.05, 3.63) is 108 Å². The second kappa shape index (κ2) is 15.0. The van der Waals surface area contributed by atoms with E-state index in [0.717, 1.165) is 36.8 Å². The van der Waals surface area contributed by atoms with Crippen LogP contribution in [0.4, 0.5) is 0 Å². The number of ether oxygens (including phenoxy) is 1. The number of nitrogens with zero attached hydrogens (tertiary/aromatic N) is 2. The maximum atomic E-state index is 10.8. The Morgan fingerprint density at radius 1 is 0.864 bits per heavy atom. The molecule has 0 amide bonds. The van der Waals surface area contributed by atoms with Gasteiger partial charge in [0.25, 0.3) is 6.47 Å². The predicted octanol–water partition coefficient (Wildman–Crippen LogP) is 8.44. The van der Waals surface area contributed by atoms with Crippen molar-refractivity contribution in [2.75, 3.05) is 6.61 Å². The lowest BCUT2D eigenvalue weighted by atomic mass is 9.81. The Kier molecular flexibility index (Phi) is 11.4. The van der Waals surface area contributed by atoms with Crippen molar-refractivity contribution in [2.45, 2.75) is 108 Å². The molecule has 1 aliphatic rings. The lowest BCUT2D eigenvalue weighted by molar-refractivity contribution is -0.308. The summed E-state index contributed by atoms with van der Waals surface area (Å²) in [6, 6.07) is 33.9. The molecular formula is C38H49N3O3. The van der Waals surface area contributed by atoms with Crippen LogP contribution < -0.4 is 5.32 Å². The van der Waals surface area contributed by atoms with Gasteiger partial charge in [-0.25, -0.2) is 0 Å². The Morgan fingerprint density at radius 2 is 1.39 bits per heavy atom. The van der Waals surface area contributed by atoms with Crippen molar-refractivity contribution in [2.24, 2.45) is 0 Å². The van der Waals surface area contributed by atoms with Gasteiger partial charge in [0.15, 0.2) is 0 Å². The van der Waals surface area contributed by atoms with E-state index >= 15 is 0 Å². The van der Waals surface area contributed by atoms with E-state index in [2.05, 4.69) is 117 Å². The van der Waals surface area contributed by atoms with Gasteiger partial charge < -0.3 is 4.74 Å². The minimum Gasteiger partial charge on any atom is -0.468 e. The highest BCUT2D eigenvalue weighted by Gasteiger charge is 2.44. The average Bonchev–Trinajstić information content (AvgIpc) is 3.02. The van der Waals surface area contributed by atoms with Crippen molar-refractivity contribution in [1.82, 2.24) is 10.4 Å². The number of carbonyl (C=O) groups excluding carboxylic acids is 1. The smallest absolute Gasteiger partial charge is 0.293 e. The summed E-state index contributed by atoms with van der Waals surface area (Å²) < 4.78 is 4.98. The van der Waals surface area contributed by atoms with E-state index < -0.39 is 5.54 Å². The molecule has 0 bridgehead atoms. The zero-order valence-corrected chi connectivity index (χ0v) is 27.0. The molecule has 4 atom stereocenters. The molecule has 3 aromatic rings. The first-order valence-electron chi connectivity index (χ1n) is 15.9. The first-order chi connectivity index (χ1) is 21.1. The van der Waals surface area contributed by atoms with Gasteiger partial charge >= 0.3 is 0 Å². The van der Waals surface area contributed by atoms with Crippen LogP contribution in [0, 0.1) is 11.3 Å². The van der Waals surface area contributed by atoms with Gasteiger partial charge in [0.05, 0.1) is 12.7 Å². The van der Waals surface area contributed by atoms with Crippen molar-refractivity contribution in [3.8, 4) is 6.07 Å². The van der Waals surface area contributed by atoms with E-state index in [1.165, 1.54) is 12.0 Å². The molecule has 1 heterocycles. The maximum absolute atomic E-state index is 10.8. The number of piperidine rings is 1. The van der Waals surface area contributed by atoms with E-state index in [0.29, 0.717) is 12.9 Å². The van der Waals surface area contributed by atoms with Crippen LogP contribution in [-0.2, 0) is 14.4 Å². The zero-order chi connectivity index (χ0) is 31.6. The first-order valence-corrected chi connectivity index (χ1v) is 15.9. The van der Waals surface area contributed by atoms with Crippen LogP contribution >= 0.6 is 0 Å². The number of nitrogens with one attached hydrogen (secondary N) is 1. The van der Waals surface area contributed by atoms with Crippen molar-refractivity contribution < 1.29 is 14.4 Å². The summed E-state index contributed by atoms with van der Waals surface area (Å²) in [5.74, 6) is 0.115. The first kappa shape index (κ1) is 33.4. The fraction of sp³-hybridized carbons (Fsp3) is 0.474. The van der Waals surface area contributed by atoms with Gasteiger partial charge in [0.1, 0.15) is 11.6 Å². The third-order valence-electron chi connectivity index (χ3n) is 9.10. The lowest BCUT2D eigenvalue weighted by Crippen LogP contribution is -2.58. The summed E-state index contributed by atoms with van der Waals surface area (Å²) in [5, 5.41) is 16.2. The molecule has 1 N–H and O–H groups in total. The van der Waals surface area contributed by atoms with Crippen LogP contribution in [0.5, 0.6) is 0 Å². The van der Waals surface area contributed by atoms with Crippen LogP contribution in [0.3, 0.4) is 0 Å². The monoisotopic (exact) mass is 595 g/mol. The highest BCUT2D eigenvalue weighted by atomic mass is 16.7. The number of hydroxylamine groups is 2. The largest absolute Gasteiger partial charge is 0.468 e. The molecule has 0 spiro atoms. The number of carbonyl (C=O) groups is 1. The fourth-order valence-electron chi connectivity index (χ4n) is 6.75. The third kappa shape index (κ3) is 8.79. The Balaban J connectivity index is 1.71. The summed E-state index contributed by atoms with van der Waals surface area (Å²) >= 11 is 0. The number of nitriles is 1. The highest BCUT2D eigenvalue weighted by molar-refractivity contribution is 5.37. The second-order valence-electron chi connectivity index (χ2n) is 13.6. The average molecular weight is 596 g/mol. The maximum Gasteiger partial charge on any atom is 0.293 e. The third-order valence-corrected chi connectivity index (χ3v) is 9.10. The van der Waals surface area contributed by atoms with Gasteiger partial charge in [0.2, 0.25) is 0 Å². The second-order valence-corrected chi connectivity index (χ2v) is 13.6. The number of hydrogen-bond acceptors (Lipinski definition) is 6. The molecule has 1 fully saturated rings. The molecule has 6 nitrogen and oxygen atoms in total.